The fraction of sp³-hybridized carbons (Fsp3) is 0.800. The van der Waals surface area contributed by atoms with Crippen molar-refractivity contribution in [2.24, 2.45) is 5.73 Å². The van der Waals surface area contributed by atoms with Crippen molar-refractivity contribution in [3.63, 3.8) is 0 Å². The Morgan fingerprint density at radius 2 is 2.47 bits per heavy atom. The molecule has 0 radical (unpaired) electrons. The van der Waals surface area contributed by atoms with Gasteiger partial charge in [-0.15, -0.1) is 0 Å². The first kappa shape index (κ1) is 10.6. The van der Waals surface area contributed by atoms with E-state index in [2.05, 4.69) is 10.1 Å². The van der Waals surface area contributed by atoms with Gasteiger partial charge in [-0.25, -0.2) is 9.67 Å². The van der Waals surface area contributed by atoms with Crippen molar-refractivity contribution in [1.82, 2.24) is 14.8 Å². The van der Waals surface area contributed by atoms with E-state index in [-0.39, 0.29) is 0 Å². The third kappa shape index (κ3) is 2.18. The molecule has 5 nitrogen and oxygen atoms in total. The number of methoxy groups -OCH3 is 1. The lowest BCUT2D eigenvalue weighted by Crippen LogP contribution is -2.22. The summed E-state index contributed by atoms with van der Waals surface area (Å²) in [7, 11) is 1.69. The highest BCUT2D eigenvalue weighted by atomic mass is 16.5. The van der Waals surface area contributed by atoms with Gasteiger partial charge in [0.2, 0.25) is 0 Å². The number of nitrogens with two attached hydrogens (primary N) is 1. The predicted molar refractivity (Wildman–Crippen MR) is 56.6 cm³/mol. The van der Waals surface area contributed by atoms with Gasteiger partial charge in [-0.05, 0) is 12.8 Å². The van der Waals surface area contributed by atoms with Crippen molar-refractivity contribution in [2.45, 2.75) is 31.7 Å². The van der Waals surface area contributed by atoms with Crippen LogP contribution in [0.25, 0.3) is 0 Å². The molecule has 2 N–H and O–H groups in total. The van der Waals surface area contributed by atoms with E-state index in [1.165, 1.54) is 0 Å². The van der Waals surface area contributed by atoms with Gasteiger partial charge in [-0.2, -0.15) is 5.10 Å². The van der Waals surface area contributed by atoms with E-state index in [0.29, 0.717) is 19.1 Å². The Balaban J connectivity index is 2.14. The Labute approximate surface area is 89.6 Å². The van der Waals surface area contributed by atoms with E-state index >= 15 is 0 Å². The summed E-state index contributed by atoms with van der Waals surface area (Å²) in [6, 6.07) is 0. The molecule has 5 heteroatoms. The zero-order chi connectivity index (χ0) is 10.7. The minimum Gasteiger partial charge on any atom is -0.384 e. The van der Waals surface area contributed by atoms with Crippen LogP contribution in [0.15, 0.2) is 0 Å². The molecule has 0 aliphatic carbocycles. The zero-order valence-corrected chi connectivity index (χ0v) is 9.15. The average molecular weight is 210 g/mol. The molecule has 0 aromatic carbocycles. The second-order valence-corrected chi connectivity index (χ2v) is 3.93. The van der Waals surface area contributed by atoms with Crippen LogP contribution in [0.3, 0.4) is 0 Å². The van der Waals surface area contributed by atoms with Gasteiger partial charge in [0.05, 0.1) is 6.61 Å². The molecule has 1 aromatic rings. The highest BCUT2D eigenvalue weighted by Crippen LogP contribution is 2.24. The Hall–Kier alpha value is -0.940. The molecule has 1 aliphatic heterocycles. The van der Waals surface area contributed by atoms with Crippen molar-refractivity contribution >= 4 is 0 Å². The fourth-order valence-corrected chi connectivity index (χ4v) is 2.01. The largest absolute Gasteiger partial charge is 0.384 e. The molecule has 1 aromatic heterocycles. The molecule has 0 amide bonds. The fourth-order valence-electron chi connectivity index (χ4n) is 2.01. The van der Waals surface area contributed by atoms with Gasteiger partial charge in [0.1, 0.15) is 5.82 Å². The standard InChI is InChI=1S/C10H18N4O/c1-15-6-4-9-12-10-8(7-11)3-2-5-14(10)13-9/h8H,2-7,11H2,1H3. The highest BCUT2D eigenvalue weighted by molar-refractivity contribution is 5.03. The van der Waals surface area contributed by atoms with E-state index in [9.17, 15) is 0 Å². The van der Waals surface area contributed by atoms with Crippen LogP contribution in [0.4, 0.5) is 0 Å². The Morgan fingerprint density at radius 1 is 1.60 bits per heavy atom. The van der Waals surface area contributed by atoms with Crippen molar-refractivity contribution in [2.75, 3.05) is 20.3 Å². The topological polar surface area (TPSA) is 66.0 Å². The summed E-state index contributed by atoms with van der Waals surface area (Å²) in [5.74, 6) is 2.34. The maximum atomic E-state index is 5.72. The van der Waals surface area contributed by atoms with Gasteiger partial charge >= 0.3 is 0 Å². The summed E-state index contributed by atoms with van der Waals surface area (Å²) in [5, 5.41) is 4.46. The lowest BCUT2D eigenvalue weighted by Gasteiger charge is -2.19. The SMILES string of the molecule is COCCc1nc2n(n1)CCCC2CN. The lowest BCUT2D eigenvalue weighted by atomic mass is 10.00. The number of hydrogen-bond donors (Lipinski definition) is 1. The summed E-state index contributed by atoms with van der Waals surface area (Å²) in [5.41, 5.74) is 5.72. The quantitative estimate of drug-likeness (QED) is 0.776. The van der Waals surface area contributed by atoms with Crippen LogP contribution in [0.1, 0.15) is 30.4 Å². The number of fused-ring (bicyclic) bond motifs is 1. The van der Waals surface area contributed by atoms with Crippen molar-refractivity contribution in [1.29, 1.82) is 0 Å². The van der Waals surface area contributed by atoms with E-state index in [4.69, 9.17) is 10.5 Å². The third-order valence-corrected chi connectivity index (χ3v) is 2.85. The first-order chi connectivity index (χ1) is 7.35. The van der Waals surface area contributed by atoms with Crippen molar-refractivity contribution in [3.8, 4) is 0 Å². The maximum absolute atomic E-state index is 5.72. The number of aryl methyl sites for hydroxylation is 1. The van der Waals surface area contributed by atoms with Gasteiger partial charge in [0.25, 0.3) is 0 Å². The molecule has 0 saturated carbocycles. The van der Waals surface area contributed by atoms with Crippen LogP contribution in [0.5, 0.6) is 0 Å². The first-order valence-corrected chi connectivity index (χ1v) is 5.47. The second-order valence-electron chi connectivity index (χ2n) is 3.93. The molecule has 1 atom stereocenters. The minimum atomic E-state index is 0.391. The van der Waals surface area contributed by atoms with Crippen LogP contribution < -0.4 is 5.73 Å². The van der Waals surface area contributed by atoms with E-state index < -0.39 is 0 Å². The number of nitrogens with zero attached hydrogens (tertiary/aromatic N) is 3. The molecule has 2 rings (SSSR count). The molecule has 1 aliphatic rings. The average Bonchev–Trinajstić information content (AvgIpc) is 2.68. The van der Waals surface area contributed by atoms with E-state index in [1.54, 1.807) is 7.11 Å². The summed E-state index contributed by atoms with van der Waals surface area (Å²) in [6.07, 6.45) is 3.08. The van der Waals surface area contributed by atoms with E-state index in [0.717, 1.165) is 37.5 Å². The molecular formula is C10H18N4O. The normalized spacial score (nSPS) is 20.3. The lowest BCUT2D eigenvalue weighted by molar-refractivity contribution is 0.200. The Kier molecular flexibility index (Phi) is 3.33. The number of hydrogen-bond acceptors (Lipinski definition) is 4. The molecule has 15 heavy (non-hydrogen) atoms. The molecule has 0 spiro atoms. The Morgan fingerprint density at radius 3 is 3.20 bits per heavy atom. The predicted octanol–water partition coefficient (Wildman–Crippen LogP) is 0.303. The maximum Gasteiger partial charge on any atom is 0.153 e. The smallest absolute Gasteiger partial charge is 0.153 e. The highest BCUT2D eigenvalue weighted by Gasteiger charge is 2.22. The summed E-state index contributed by atoms with van der Waals surface area (Å²) in [4.78, 5) is 4.53. The molecular weight excluding hydrogens is 192 g/mol. The molecule has 1 unspecified atom stereocenters. The second kappa shape index (κ2) is 4.72. The van der Waals surface area contributed by atoms with Crippen LogP contribution >= 0.6 is 0 Å². The third-order valence-electron chi connectivity index (χ3n) is 2.85. The van der Waals surface area contributed by atoms with Crippen LogP contribution in [0, 0.1) is 0 Å². The first-order valence-electron chi connectivity index (χ1n) is 5.47. The van der Waals surface area contributed by atoms with E-state index in [1.807, 2.05) is 4.68 Å². The van der Waals surface area contributed by atoms with Gasteiger partial charge in [-0.3, -0.25) is 0 Å². The zero-order valence-electron chi connectivity index (χ0n) is 9.15. The molecule has 0 saturated heterocycles. The summed E-state index contributed by atoms with van der Waals surface area (Å²) < 4.78 is 7.02. The van der Waals surface area contributed by atoms with Crippen LogP contribution in [-0.4, -0.2) is 35.0 Å². The monoisotopic (exact) mass is 210 g/mol. The van der Waals surface area contributed by atoms with Gasteiger partial charge in [0.15, 0.2) is 5.82 Å². The van der Waals surface area contributed by atoms with Crippen LogP contribution in [-0.2, 0) is 17.7 Å². The molecule has 2 heterocycles. The van der Waals surface area contributed by atoms with Gasteiger partial charge in [0, 0.05) is 32.5 Å². The number of rotatable bonds is 4. The minimum absolute atomic E-state index is 0.391. The molecule has 0 bridgehead atoms. The summed E-state index contributed by atoms with van der Waals surface area (Å²) in [6.45, 7) is 2.32. The molecule has 84 valence electrons. The van der Waals surface area contributed by atoms with Crippen molar-refractivity contribution < 1.29 is 4.74 Å². The Bertz CT molecular complexity index is 323. The van der Waals surface area contributed by atoms with Crippen LogP contribution in [0.2, 0.25) is 0 Å². The summed E-state index contributed by atoms with van der Waals surface area (Å²) >= 11 is 0. The van der Waals surface area contributed by atoms with Gasteiger partial charge in [-0.1, -0.05) is 0 Å². The molecule has 0 fully saturated rings. The number of aromatic nitrogens is 3. The number of ether oxygens (including phenoxy) is 1. The van der Waals surface area contributed by atoms with Crippen molar-refractivity contribution in [3.05, 3.63) is 11.6 Å². The van der Waals surface area contributed by atoms with Gasteiger partial charge < -0.3 is 10.5 Å².